The monoisotopic (exact) mass is 259 g/mol. The van der Waals surface area contributed by atoms with Crippen molar-refractivity contribution in [3.63, 3.8) is 0 Å². The third-order valence-electron chi connectivity index (χ3n) is 4.70. The quantitative estimate of drug-likeness (QED) is 0.778. The normalized spacial score (nSPS) is 32.8. The molecule has 102 valence electrons. The molecule has 0 aliphatic heterocycles. The summed E-state index contributed by atoms with van der Waals surface area (Å²) in [4.78, 5) is 13.4. The molecule has 1 aromatic carbocycles. The maximum absolute atomic E-state index is 11.1. The van der Waals surface area contributed by atoms with Crippen LogP contribution in [0.1, 0.15) is 29.6 Å². The van der Waals surface area contributed by atoms with Gasteiger partial charge in [0.25, 0.3) is 0 Å². The molecular weight excluding hydrogens is 238 g/mol. The van der Waals surface area contributed by atoms with Gasteiger partial charge in [-0.25, -0.2) is 0 Å². The standard InChI is InChI=1S/C16H21NO2/c1-17(2)15-11-7-8-12(9-11)16(15)19-14-6-4-3-5-13(14)10-18/h3-6,10-12,15-16H,7-9H2,1-2H3. The first-order valence-corrected chi connectivity index (χ1v) is 7.08. The number of hydrogen-bond acceptors (Lipinski definition) is 3. The third kappa shape index (κ3) is 2.16. The Morgan fingerprint density at radius 1 is 1.21 bits per heavy atom. The summed E-state index contributed by atoms with van der Waals surface area (Å²) in [6.45, 7) is 0. The topological polar surface area (TPSA) is 29.5 Å². The number of carbonyl (C=O) groups is 1. The Bertz CT molecular complexity index is 472. The zero-order valence-electron chi connectivity index (χ0n) is 11.6. The first kappa shape index (κ1) is 12.7. The Morgan fingerprint density at radius 3 is 2.68 bits per heavy atom. The van der Waals surface area contributed by atoms with Gasteiger partial charge in [0.05, 0.1) is 5.56 Å². The van der Waals surface area contributed by atoms with E-state index in [0.29, 0.717) is 17.5 Å². The van der Waals surface area contributed by atoms with Gasteiger partial charge >= 0.3 is 0 Å². The molecule has 4 atom stereocenters. The summed E-state index contributed by atoms with van der Waals surface area (Å²) in [6.07, 6.45) is 4.98. The minimum absolute atomic E-state index is 0.231. The number of aldehydes is 1. The van der Waals surface area contributed by atoms with Crippen LogP contribution in [0.3, 0.4) is 0 Å². The molecule has 2 aliphatic rings. The van der Waals surface area contributed by atoms with Crippen LogP contribution in [0.5, 0.6) is 5.75 Å². The number of ether oxygens (including phenoxy) is 1. The summed E-state index contributed by atoms with van der Waals surface area (Å²) in [5, 5.41) is 0. The van der Waals surface area contributed by atoms with Gasteiger partial charge in [-0.05, 0) is 57.3 Å². The molecule has 3 nitrogen and oxygen atoms in total. The summed E-state index contributed by atoms with van der Waals surface area (Å²) in [7, 11) is 4.26. The maximum atomic E-state index is 11.1. The Morgan fingerprint density at radius 2 is 1.95 bits per heavy atom. The molecule has 0 spiro atoms. The number of benzene rings is 1. The molecule has 0 aromatic heterocycles. The van der Waals surface area contributed by atoms with Crippen molar-refractivity contribution >= 4 is 6.29 Å². The molecular formula is C16H21NO2. The second-order valence-corrected chi connectivity index (χ2v) is 6.03. The van der Waals surface area contributed by atoms with E-state index in [4.69, 9.17) is 4.74 Å². The Balaban J connectivity index is 1.84. The average molecular weight is 259 g/mol. The molecule has 0 N–H and O–H groups in total. The van der Waals surface area contributed by atoms with Crippen molar-refractivity contribution in [3.05, 3.63) is 29.8 Å². The minimum atomic E-state index is 0.231. The summed E-state index contributed by atoms with van der Waals surface area (Å²) in [5.41, 5.74) is 0.655. The fourth-order valence-corrected chi connectivity index (χ4v) is 3.92. The lowest BCUT2D eigenvalue weighted by Gasteiger charge is -2.36. The van der Waals surface area contributed by atoms with Crippen LogP contribution in [-0.2, 0) is 0 Å². The van der Waals surface area contributed by atoms with Crippen LogP contribution >= 0.6 is 0 Å². The first-order valence-electron chi connectivity index (χ1n) is 7.08. The van der Waals surface area contributed by atoms with E-state index in [2.05, 4.69) is 19.0 Å². The van der Waals surface area contributed by atoms with E-state index in [1.54, 1.807) is 0 Å². The van der Waals surface area contributed by atoms with Crippen LogP contribution in [0, 0.1) is 11.8 Å². The number of likely N-dealkylation sites (N-methyl/N-ethyl adjacent to an activating group) is 1. The number of carbonyl (C=O) groups excluding carboxylic acids is 1. The van der Waals surface area contributed by atoms with Gasteiger partial charge in [-0.15, -0.1) is 0 Å². The molecule has 2 bridgehead atoms. The predicted octanol–water partition coefficient (Wildman–Crippen LogP) is 2.61. The number of fused-ring (bicyclic) bond motifs is 2. The maximum Gasteiger partial charge on any atom is 0.153 e. The second-order valence-electron chi connectivity index (χ2n) is 6.03. The van der Waals surface area contributed by atoms with Gasteiger partial charge in [-0.1, -0.05) is 12.1 Å². The summed E-state index contributed by atoms with van der Waals surface area (Å²) in [5.74, 6) is 2.15. The highest BCUT2D eigenvalue weighted by Gasteiger charge is 2.50. The van der Waals surface area contributed by atoms with Gasteiger partial charge in [-0.3, -0.25) is 4.79 Å². The number of nitrogens with zero attached hydrogens (tertiary/aromatic N) is 1. The number of para-hydroxylation sites is 1. The van der Waals surface area contributed by atoms with Gasteiger partial charge in [0.2, 0.25) is 0 Å². The molecule has 0 heterocycles. The smallest absolute Gasteiger partial charge is 0.153 e. The third-order valence-corrected chi connectivity index (χ3v) is 4.70. The molecule has 2 fully saturated rings. The molecule has 0 radical (unpaired) electrons. The first-order chi connectivity index (χ1) is 9.20. The average Bonchev–Trinajstić information content (AvgIpc) is 3.00. The van der Waals surface area contributed by atoms with Crippen LogP contribution in [0.15, 0.2) is 24.3 Å². The van der Waals surface area contributed by atoms with Gasteiger partial charge in [0.15, 0.2) is 6.29 Å². The molecule has 3 rings (SSSR count). The van der Waals surface area contributed by atoms with Crippen LogP contribution in [0.4, 0.5) is 0 Å². The zero-order valence-corrected chi connectivity index (χ0v) is 11.6. The lowest BCUT2D eigenvalue weighted by atomic mass is 9.91. The van der Waals surface area contributed by atoms with Crippen molar-refractivity contribution in [3.8, 4) is 5.75 Å². The van der Waals surface area contributed by atoms with E-state index in [1.807, 2.05) is 24.3 Å². The molecule has 2 saturated carbocycles. The number of rotatable bonds is 4. The Kier molecular flexibility index (Phi) is 3.31. The van der Waals surface area contributed by atoms with E-state index in [0.717, 1.165) is 18.0 Å². The fourth-order valence-electron chi connectivity index (χ4n) is 3.92. The summed E-state index contributed by atoms with van der Waals surface area (Å²) >= 11 is 0. The SMILES string of the molecule is CN(C)C1C2CCC(C2)C1Oc1ccccc1C=O. The molecule has 0 saturated heterocycles. The van der Waals surface area contributed by atoms with Crippen LogP contribution in [0.25, 0.3) is 0 Å². The van der Waals surface area contributed by atoms with E-state index < -0.39 is 0 Å². The molecule has 3 heteroatoms. The zero-order chi connectivity index (χ0) is 13.4. The lowest BCUT2D eigenvalue weighted by Crippen LogP contribution is -2.46. The van der Waals surface area contributed by atoms with Gasteiger partial charge in [0, 0.05) is 6.04 Å². The molecule has 1 aromatic rings. The second kappa shape index (κ2) is 4.97. The van der Waals surface area contributed by atoms with Crippen LogP contribution in [-0.4, -0.2) is 37.4 Å². The predicted molar refractivity (Wildman–Crippen MR) is 74.6 cm³/mol. The van der Waals surface area contributed by atoms with E-state index in [-0.39, 0.29) is 6.10 Å². The molecule has 0 amide bonds. The summed E-state index contributed by atoms with van der Waals surface area (Å²) < 4.78 is 6.23. The van der Waals surface area contributed by atoms with Gasteiger partial charge < -0.3 is 9.64 Å². The van der Waals surface area contributed by atoms with Crippen molar-refractivity contribution in [1.29, 1.82) is 0 Å². The van der Waals surface area contributed by atoms with E-state index in [1.165, 1.54) is 19.3 Å². The van der Waals surface area contributed by atoms with E-state index >= 15 is 0 Å². The lowest BCUT2D eigenvalue weighted by molar-refractivity contribution is 0.0531. The highest BCUT2D eigenvalue weighted by atomic mass is 16.5. The fraction of sp³-hybridized carbons (Fsp3) is 0.562. The van der Waals surface area contributed by atoms with Crippen molar-refractivity contribution < 1.29 is 9.53 Å². The van der Waals surface area contributed by atoms with Crippen LogP contribution in [0.2, 0.25) is 0 Å². The highest BCUT2D eigenvalue weighted by molar-refractivity contribution is 5.79. The van der Waals surface area contributed by atoms with Crippen molar-refractivity contribution in [2.75, 3.05) is 14.1 Å². The van der Waals surface area contributed by atoms with Gasteiger partial charge in [0.1, 0.15) is 11.9 Å². The Hall–Kier alpha value is -1.35. The van der Waals surface area contributed by atoms with Crippen molar-refractivity contribution in [1.82, 2.24) is 4.90 Å². The number of hydrogen-bond donors (Lipinski definition) is 0. The highest BCUT2D eigenvalue weighted by Crippen LogP contribution is 2.47. The summed E-state index contributed by atoms with van der Waals surface area (Å²) in [6, 6.07) is 8.02. The largest absolute Gasteiger partial charge is 0.488 e. The minimum Gasteiger partial charge on any atom is -0.488 e. The van der Waals surface area contributed by atoms with Crippen LogP contribution < -0.4 is 4.74 Å². The van der Waals surface area contributed by atoms with E-state index in [9.17, 15) is 4.79 Å². The Labute approximate surface area is 114 Å². The molecule has 4 unspecified atom stereocenters. The molecule has 2 aliphatic carbocycles. The van der Waals surface area contributed by atoms with Gasteiger partial charge in [-0.2, -0.15) is 0 Å². The van der Waals surface area contributed by atoms with Crippen molar-refractivity contribution in [2.24, 2.45) is 11.8 Å². The van der Waals surface area contributed by atoms with Crippen molar-refractivity contribution in [2.45, 2.75) is 31.4 Å². The molecule has 19 heavy (non-hydrogen) atoms.